The van der Waals surface area contributed by atoms with Crippen LogP contribution in [0.5, 0.6) is 0 Å². The summed E-state index contributed by atoms with van der Waals surface area (Å²) >= 11 is 0. The van der Waals surface area contributed by atoms with E-state index in [1.807, 2.05) is 0 Å². The molecule has 0 aliphatic heterocycles. The lowest BCUT2D eigenvalue weighted by atomic mass is 10.0. The zero-order valence-electron chi connectivity index (χ0n) is 8.02. The van der Waals surface area contributed by atoms with Crippen LogP contribution in [0.4, 0.5) is 13.2 Å². The van der Waals surface area contributed by atoms with Gasteiger partial charge in [0.1, 0.15) is 5.82 Å². The highest BCUT2D eigenvalue weighted by atomic mass is 19.3. The largest absolute Gasteiger partial charge is 0.308 e. The van der Waals surface area contributed by atoms with Crippen molar-refractivity contribution in [2.45, 2.75) is 19.4 Å². The molecule has 0 bridgehead atoms. The molecule has 78 valence electrons. The molecule has 0 fully saturated rings. The highest BCUT2D eigenvalue weighted by molar-refractivity contribution is 5.29. The van der Waals surface area contributed by atoms with Crippen LogP contribution in [-0.4, -0.2) is 13.5 Å². The summed E-state index contributed by atoms with van der Waals surface area (Å²) in [5.41, 5.74) is 0.966. The Morgan fingerprint density at radius 3 is 2.36 bits per heavy atom. The van der Waals surface area contributed by atoms with E-state index in [9.17, 15) is 13.2 Å². The van der Waals surface area contributed by atoms with Crippen LogP contribution >= 0.6 is 0 Å². The average Bonchev–Trinajstić information content (AvgIpc) is 2.09. The molecular weight excluding hydrogens is 191 g/mol. The lowest BCUT2D eigenvalue weighted by Gasteiger charge is -2.17. The van der Waals surface area contributed by atoms with Gasteiger partial charge in [0, 0.05) is 0 Å². The van der Waals surface area contributed by atoms with Gasteiger partial charge >= 0.3 is 0 Å². The van der Waals surface area contributed by atoms with Gasteiger partial charge in [-0.25, -0.2) is 13.2 Å². The van der Waals surface area contributed by atoms with Gasteiger partial charge in [0.2, 0.25) is 0 Å². The van der Waals surface area contributed by atoms with E-state index in [0.29, 0.717) is 11.1 Å². The first-order valence-corrected chi connectivity index (χ1v) is 4.27. The average molecular weight is 203 g/mol. The van der Waals surface area contributed by atoms with Crippen molar-refractivity contribution in [2.24, 2.45) is 0 Å². The van der Waals surface area contributed by atoms with E-state index < -0.39 is 18.3 Å². The Morgan fingerprint density at radius 2 is 1.93 bits per heavy atom. The number of aryl methyl sites for hydroxylation is 1. The highest BCUT2D eigenvalue weighted by Gasteiger charge is 2.21. The number of hydrogen-bond donors (Lipinski definition) is 1. The maximum absolute atomic E-state index is 12.7. The molecule has 14 heavy (non-hydrogen) atoms. The van der Waals surface area contributed by atoms with Gasteiger partial charge in [-0.1, -0.05) is 6.07 Å². The SMILES string of the molecule is CNC(c1ccc(F)cc1C)C(F)F. The van der Waals surface area contributed by atoms with Crippen molar-refractivity contribution >= 4 is 0 Å². The molecule has 1 rings (SSSR count). The molecular formula is C10H12F3N. The molecule has 0 aromatic heterocycles. The third-order valence-electron chi connectivity index (χ3n) is 2.13. The van der Waals surface area contributed by atoms with Crippen LogP contribution < -0.4 is 5.32 Å². The maximum Gasteiger partial charge on any atom is 0.257 e. The minimum absolute atomic E-state index is 0.407. The molecule has 1 nitrogen and oxygen atoms in total. The Kier molecular flexibility index (Phi) is 3.52. The summed E-state index contributed by atoms with van der Waals surface area (Å²) in [5.74, 6) is -0.407. The van der Waals surface area contributed by atoms with Crippen molar-refractivity contribution in [1.29, 1.82) is 0 Å². The van der Waals surface area contributed by atoms with E-state index in [4.69, 9.17) is 0 Å². The van der Waals surface area contributed by atoms with Gasteiger partial charge in [0.05, 0.1) is 6.04 Å². The Bertz CT molecular complexity index is 312. The summed E-state index contributed by atoms with van der Waals surface area (Å²) < 4.78 is 37.7. The van der Waals surface area contributed by atoms with Crippen molar-refractivity contribution in [2.75, 3.05) is 7.05 Å². The van der Waals surface area contributed by atoms with Crippen LogP contribution in [0.2, 0.25) is 0 Å². The van der Waals surface area contributed by atoms with E-state index in [2.05, 4.69) is 5.32 Å². The first-order chi connectivity index (χ1) is 6.56. The Hall–Kier alpha value is -1.03. The van der Waals surface area contributed by atoms with Crippen LogP contribution in [-0.2, 0) is 0 Å². The van der Waals surface area contributed by atoms with E-state index in [1.54, 1.807) is 6.92 Å². The molecule has 1 N–H and O–H groups in total. The van der Waals surface area contributed by atoms with Crippen LogP contribution in [0.15, 0.2) is 18.2 Å². The number of benzene rings is 1. The van der Waals surface area contributed by atoms with E-state index in [-0.39, 0.29) is 0 Å². The predicted octanol–water partition coefficient (Wildman–Crippen LogP) is 2.66. The Morgan fingerprint density at radius 1 is 1.29 bits per heavy atom. The molecule has 1 aromatic rings. The van der Waals surface area contributed by atoms with Gasteiger partial charge < -0.3 is 5.32 Å². The van der Waals surface area contributed by atoms with Crippen LogP contribution in [0.25, 0.3) is 0 Å². The van der Waals surface area contributed by atoms with Gasteiger partial charge in [0.15, 0.2) is 0 Å². The molecule has 0 spiro atoms. The summed E-state index contributed by atoms with van der Waals surface area (Å²) in [5, 5.41) is 2.51. The minimum Gasteiger partial charge on any atom is -0.308 e. The Balaban J connectivity index is 3.04. The fourth-order valence-electron chi connectivity index (χ4n) is 1.41. The van der Waals surface area contributed by atoms with Crippen molar-refractivity contribution < 1.29 is 13.2 Å². The summed E-state index contributed by atoms with van der Waals surface area (Å²) in [7, 11) is 1.46. The first kappa shape index (κ1) is 11.0. The predicted molar refractivity (Wildman–Crippen MR) is 48.9 cm³/mol. The summed E-state index contributed by atoms with van der Waals surface area (Å²) in [6, 6.07) is 2.80. The molecule has 0 aliphatic rings. The molecule has 0 aliphatic carbocycles. The van der Waals surface area contributed by atoms with E-state index in [1.165, 1.54) is 25.2 Å². The summed E-state index contributed by atoms with van der Waals surface area (Å²) in [6.07, 6.45) is -2.50. The second-order valence-electron chi connectivity index (χ2n) is 3.10. The normalized spacial score (nSPS) is 13.3. The third kappa shape index (κ3) is 2.26. The maximum atomic E-state index is 12.7. The van der Waals surface area contributed by atoms with Crippen molar-refractivity contribution in [3.05, 3.63) is 35.1 Å². The quantitative estimate of drug-likeness (QED) is 0.796. The Labute approximate surface area is 80.9 Å². The molecule has 0 saturated heterocycles. The molecule has 0 heterocycles. The van der Waals surface area contributed by atoms with Gasteiger partial charge in [-0.05, 0) is 37.2 Å². The standard InChI is InChI=1S/C10H12F3N/c1-6-5-7(11)3-4-8(6)9(14-2)10(12)13/h3-5,9-10,14H,1-2H3. The number of alkyl halides is 2. The number of rotatable bonds is 3. The lowest BCUT2D eigenvalue weighted by Crippen LogP contribution is -2.24. The van der Waals surface area contributed by atoms with E-state index >= 15 is 0 Å². The van der Waals surface area contributed by atoms with Crippen molar-refractivity contribution in [3.63, 3.8) is 0 Å². The van der Waals surface area contributed by atoms with Crippen molar-refractivity contribution in [3.8, 4) is 0 Å². The van der Waals surface area contributed by atoms with Crippen molar-refractivity contribution in [1.82, 2.24) is 5.32 Å². The fraction of sp³-hybridized carbons (Fsp3) is 0.400. The monoisotopic (exact) mass is 203 g/mol. The molecule has 1 unspecified atom stereocenters. The van der Waals surface area contributed by atoms with Gasteiger partial charge in [-0.2, -0.15) is 0 Å². The molecule has 1 atom stereocenters. The zero-order chi connectivity index (χ0) is 10.7. The molecule has 0 amide bonds. The fourth-order valence-corrected chi connectivity index (χ4v) is 1.41. The minimum atomic E-state index is -2.50. The van der Waals surface area contributed by atoms with Gasteiger partial charge in [0.25, 0.3) is 6.43 Å². The summed E-state index contributed by atoms with van der Waals surface area (Å²) in [6.45, 7) is 1.62. The second-order valence-corrected chi connectivity index (χ2v) is 3.10. The first-order valence-electron chi connectivity index (χ1n) is 4.27. The molecule has 0 radical (unpaired) electrons. The number of nitrogens with one attached hydrogen (secondary N) is 1. The van der Waals surface area contributed by atoms with Gasteiger partial charge in [-0.3, -0.25) is 0 Å². The number of hydrogen-bond acceptors (Lipinski definition) is 1. The van der Waals surface area contributed by atoms with Gasteiger partial charge in [-0.15, -0.1) is 0 Å². The summed E-state index contributed by atoms with van der Waals surface area (Å²) in [4.78, 5) is 0. The molecule has 0 saturated carbocycles. The number of halogens is 3. The van der Waals surface area contributed by atoms with Crippen LogP contribution in [0.3, 0.4) is 0 Å². The van der Waals surface area contributed by atoms with Crippen LogP contribution in [0, 0.1) is 12.7 Å². The van der Waals surface area contributed by atoms with Crippen LogP contribution in [0.1, 0.15) is 17.2 Å². The molecule has 4 heteroatoms. The smallest absolute Gasteiger partial charge is 0.257 e. The zero-order valence-corrected chi connectivity index (χ0v) is 8.02. The highest BCUT2D eigenvalue weighted by Crippen LogP contribution is 2.23. The van der Waals surface area contributed by atoms with E-state index in [0.717, 1.165) is 0 Å². The third-order valence-corrected chi connectivity index (χ3v) is 2.13. The topological polar surface area (TPSA) is 12.0 Å². The molecule has 1 aromatic carbocycles. The second kappa shape index (κ2) is 4.46. The lowest BCUT2D eigenvalue weighted by molar-refractivity contribution is 0.102.